The van der Waals surface area contributed by atoms with E-state index in [1.165, 1.54) is 11.0 Å². The highest BCUT2D eigenvalue weighted by molar-refractivity contribution is 9.10. The molecule has 2 heterocycles. The molecule has 3 rings (SSSR count). The molecule has 1 amide bonds. The van der Waals surface area contributed by atoms with Crippen LogP contribution in [0.1, 0.15) is 10.5 Å². The molecule has 0 fully saturated rings. The summed E-state index contributed by atoms with van der Waals surface area (Å²) in [6, 6.07) is 12.9. The second-order valence-electron chi connectivity index (χ2n) is 4.14. The lowest BCUT2D eigenvalue weighted by atomic mass is 10.3. The first-order valence-corrected chi connectivity index (χ1v) is 6.93. The zero-order valence-corrected chi connectivity index (χ0v) is 12.4. The predicted octanol–water partition coefficient (Wildman–Crippen LogP) is 2.68. The van der Waals surface area contributed by atoms with E-state index in [4.69, 9.17) is 0 Å². The largest absolute Gasteiger partial charge is 0.304 e. The van der Waals surface area contributed by atoms with Crippen LogP contribution in [0.2, 0.25) is 0 Å². The maximum atomic E-state index is 12.1. The molecule has 6 nitrogen and oxygen atoms in total. The van der Waals surface area contributed by atoms with E-state index < -0.39 is 0 Å². The van der Waals surface area contributed by atoms with Gasteiger partial charge in [0.1, 0.15) is 5.82 Å². The molecule has 104 valence electrons. The number of pyridine rings is 1. The lowest BCUT2D eigenvalue weighted by Gasteiger charge is -2.03. The lowest BCUT2D eigenvalue weighted by molar-refractivity contribution is 0.102. The van der Waals surface area contributed by atoms with E-state index in [-0.39, 0.29) is 11.6 Å². The number of rotatable bonds is 3. The molecule has 3 aromatic rings. The van der Waals surface area contributed by atoms with Crippen LogP contribution in [0.4, 0.5) is 5.82 Å². The molecule has 0 atom stereocenters. The summed E-state index contributed by atoms with van der Waals surface area (Å²) in [6.07, 6.45) is 3.01. The van der Waals surface area contributed by atoms with Gasteiger partial charge in [0.15, 0.2) is 5.69 Å². The molecule has 0 radical (unpaired) electrons. The molecule has 1 N–H and O–H groups in total. The Morgan fingerprint density at radius 1 is 1.14 bits per heavy atom. The van der Waals surface area contributed by atoms with E-state index in [1.807, 2.05) is 30.3 Å². The van der Waals surface area contributed by atoms with Crippen LogP contribution in [-0.4, -0.2) is 25.9 Å². The number of hydrogen-bond donors (Lipinski definition) is 1. The third-order valence-electron chi connectivity index (χ3n) is 2.70. The molecule has 0 bridgehead atoms. The van der Waals surface area contributed by atoms with Gasteiger partial charge in [-0.15, -0.1) is 5.10 Å². The number of hydrogen-bond acceptors (Lipinski definition) is 4. The lowest BCUT2D eigenvalue weighted by Crippen LogP contribution is -2.14. The Morgan fingerprint density at radius 3 is 2.71 bits per heavy atom. The normalized spacial score (nSPS) is 10.3. The van der Waals surface area contributed by atoms with Crippen LogP contribution in [0.25, 0.3) is 5.69 Å². The van der Waals surface area contributed by atoms with Crippen molar-refractivity contribution in [3.8, 4) is 5.69 Å². The average molecular weight is 344 g/mol. The Labute approximate surface area is 129 Å². The van der Waals surface area contributed by atoms with Crippen molar-refractivity contribution in [2.75, 3.05) is 5.32 Å². The van der Waals surface area contributed by atoms with Gasteiger partial charge in [0, 0.05) is 6.20 Å². The average Bonchev–Trinajstić information content (AvgIpc) is 3.00. The van der Waals surface area contributed by atoms with E-state index in [0.29, 0.717) is 10.3 Å². The van der Waals surface area contributed by atoms with Crippen LogP contribution in [0.5, 0.6) is 0 Å². The van der Waals surface area contributed by atoms with Gasteiger partial charge in [0.05, 0.1) is 16.4 Å². The van der Waals surface area contributed by atoms with Crippen molar-refractivity contribution in [1.29, 1.82) is 0 Å². The van der Waals surface area contributed by atoms with Gasteiger partial charge >= 0.3 is 0 Å². The highest BCUT2D eigenvalue weighted by atomic mass is 79.9. The van der Waals surface area contributed by atoms with Crippen LogP contribution in [0.3, 0.4) is 0 Å². The minimum Gasteiger partial charge on any atom is -0.304 e. The number of nitrogens with one attached hydrogen (secondary N) is 1. The second-order valence-corrected chi connectivity index (χ2v) is 5.00. The topological polar surface area (TPSA) is 72.7 Å². The molecule has 0 saturated heterocycles. The third-order valence-corrected chi connectivity index (χ3v) is 3.34. The van der Waals surface area contributed by atoms with Gasteiger partial charge in [0.2, 0.25) is 0 Å². The van der Waals surface area contributed by atoms with Crippen molar-refractivity contribution in [2.24, 2.45) is 0 Å². The van der Waals surface area contributed by atoms with Crippen LogP contribution in [0.15, 0.2) is 59.3 Å². The van der Waals surface area contributed by atoms with E-state index in [0.717, 1.165) is 5.69 Å². The molecule has 7 heteroatoms. The molecule has 1 aromatic carbocycles. The Hall–Kier alpha value is -2.54. The van der Waals surface area contributed by atoms with Gasteiger partial charge < -0.3 is 5.32 Å². The Bertz CT molecular complexity index is 772. The first-order valence-electron chi connectivity index (χ1n) is 6.14. The van der Waals surface area contributed by atoms with Crippen LogP contribution in [-0.2, 0) is 0 Å². The SMILES string of the molecule is O=C(Nc1ncccc1Br)c1cnn(-c2ccccc2)n1. The predicted molar refractivity (Wildman–Crippen MR) is 81.2 cm³/mol. The van der Waals surface area contributed by atoms with Gasteiger partial charge in [-0.2, -0.15) is 9.90 Å². The Balaban J connectivity index is 1.80. The van der Waals surface area contributed by atoms with Crippen LogP contribution >= 0.6 is 15.9 Å². The van der Waals surface area contributed by atoms with Gasteiger partial charge in [-0.05, 0) is 40.2 Å². The fraction of sp³-hybridized carbons (Fsp3) is 0. The highest BCUT2D eigenvalue weighted by Gasteiger charge is 2.13. The monoisotopic (exact) mass is 343 g/mol. The van der Waals surface area contributed by atoms with Crippen molar-refractivity contribution in [3.63, 3.8) is 0 Å². The Morgan fingerprint density at radius 2 is 1.95 bits per heavy atom. The molecule has 0 aliphatic carbocycles. The van der Waals surface area contributed by atoms with E-state index in [1.54, 1.807) is 18.3 Å². The molecule has 21 heavy (non-hydrogen) atoms. The van der Waals surface area contributed by atoms with Gasteiger partial charge in [0.25, 0.3) is 5.91 Å². The fourth-order valence-electron chi connectivity index (χ4n) is 1.70. The molecular weight excluding hydrogens is 334 g/mol. The van der Waals surface area contributed by atoms with Crippen LogP contribution < -0.4 is 5.32 Å². The van der Waals surface area contributed by atoms with Crippen LogP contribution in [0, 0.1) is 0 Å². The molecule has 0 saturated carbocycles. The van der Waals surface area contributed by atoms with E-state index in [9.17, 15) is 4.79 Å². The number of benzene rings is 1. The summed E-state index contributed by atoms with van der Waals surface area (Å²) in [5, 5.41) is 10.9. The number of carbonyl (C=O) groups excluding carboxylic acids is 1. The summed E-state index contributed by atoms with van der Waals surface area (Å²) in [5.41, 5.74) is 1.01. The fourth-order valence-corrected chi connectivity index (χ4v) is 2.06. The summed E-state index contributed by atoms with van der Waals surface area (Å²) in [6.45, 7) is 0. The van der Waals surface area contributed by atoms with Gasteiger partial charge in [-0.3, -0.25) is 4.79 Å². The number of aromatic nitrogens is 4. The molecule has 0 unspecified atom stereocenters. The summed E-state index contributed by atoms with van der Waals surface area (Å²) >= 11 is 3.32. The highest BCUT2D eigenvalue weighted by Crippen LogP contribution is 2.18. The summed E-state index contributed by atoms with van der Waals surface area (Å²) < 4.78 is 0.703. The van der Waals surface area contributed by atoms with Crippen molar-refractivity contribution < 1.29 is 4.79 Å². The zero-order valence-electron chi connectivity index (χ0n) is 10.8. The standard InChI is InChI=1S/C14H10BrN5O/c15-11-7-4-8-16-13(11)18-14(21)12-9-17-20(19-12)10-5-2-1-3-6-10/h1-9H,(H,16,18,21). The number of carbonyl (C=O) groups is 1. The number of para-hydroxylation sites is 1. The number of halogens is 1. The molecule has 0 spiro atoms. The molecular formula is C14H10BrN5O. The summed E-state index contributed by atoms with van der Waals surface area (Å²) in [5.74, 6) is 0.0772. The number of amides is 1. The maximum Gasteiger partial charge on any atom is 0.279 e. The second kappa shape index (κ2) is 5.84. The minimum absolute atomic E-state index is 0.219. The number of nitrogens with zero attached hydrogens (tertiary/aromatic N) is 4. The number of anilines is 1. The Kier molecular flexibility index (Phi) is 3.74. The van der Waals surface area contributed by atoms with Gasteiger partial charge in [-0.25, -0.2) is 4.98 Å². The maximum absolute atomic E-state index is 12.1. The summed E-state index contributed by atoms with van der Waals surface area (Å²) in [4.78, 5) is 17.6. The quantitative estimate of drug-likeness (QED) is 0.793. The van der Waals surface area contributed by atoms with Crippen molar-refractivity contribution >= 4 is 27.7 Å². The first kappa shape index (κ1) is 13.4. The molecule has 0 aliphatic heterocycles. The third kappa shape index (κ3) is 2.97. The van der Waals surface area contributed by atoms with Crippen molar-refractivity contribution in [2.45, 2.75) is 0 Å². The summed E-state index contributed by atoms with van der Waals surface area (Å²) in [7, 11) is 0. The van der Waals surface area contributed by atoms with Crippen molar-refractivity contribution in [3.05, 3.63) is 65.0 Å². The smallest absolute Gasteiger partial charge is 0.279 e. The van der Waals surface area contributed by atoms with E-state index in [2.05, 4.69) is 36.4 Å². The van der Waals surface area contributed by atoms with Crippen molar-refractivity contribution in [1.82, 2.24) is 20.0 Å². The first-order chi connectivity index (χ1) is 10.2. The molecule has 2 aromatic heterocycles. The van der Waals surface area contributed by atoms with E-state index >= 15 is 0 Å². The molecule has 0 aliphatic rings. The zero-order chi connectivity index (χ0) is 14.7. The van der Waals surface area contributed by atoms with Gasteiger partial charge in [-0.1, -0.05) is 18.2 Å². The minimum atomic E-state index is -0.364.